The van der Waals surface area contributed by atoms with Crippen molar-refractivity contribution in [2.45, 2.75) is 49.6 Å². The van der Waals surface area contributed by atoms with Crippen molar-refractivity contribution in [3.63, 3.8) is 0 Å². The third kappa shape index (κ3) is 5.82. The number of hydrogen-bond acceptors (Lipinski definition) is 8. The van der Waals surface area contributed by atoms with Crippen molar-refractivity contribution in [3.05, 3.63) is 42.1 Å². The lowest BCUT2D eigenvalue weighted by atomic mass is 9.78. The van der Waals surface area contributed by atoms with Crippen molar-refractivity contribution in [2.24, 2.45) is 5.41 Å². The first-order valence-corrected chi connectivity index (χ1v) is 13.4. The SMILES string of the molecule is CCC(=O)Nc1ccc(Sc2nc(Nc3cc(C)[nH]n3)cc(N3CCC4(CCN(C)C4)CC3)n2)cc1.[HH].[HH]. The Labute approximate surface area is 219 Å². The summed E-state index contributed by atoms with van der Waals surface area (Å²) in [6.45, 7) is 8.22. The summed E-state index contributed by atoms with van der Waals surface area (Å²) in [6.07, 6.45) is 4.13. The van der Waals surface area contributed by atoms with Crippen LogP contribution in [0.2, 0.25) is 0 Å². The molecule has 36 heavy (non-hydrogen) atoms. The lowest BCUT2D eigenvalue weighted by Gasteiger charge is -2.39. The third-order valence-electron chi connectivity index (χ3n) is 7.10. The van der Waals surface area contributed by atoms with Crippen LogP contribution in [0.4, 0.5) is 23.1 Å². The standard InChI is InChI=1S/C26H34N8OS.2H2/c1-4-24(35)27-19-5-7-20(8-6-19)36-25-29-21(28-22-15-18(2)31-32-22)16-23(30-25)34-13-10-26(11-14-34)9-12-33(3)17-26;;/h5-8,15-16H,4,9-14,17H2,1-3H3,(H,27,35)(H2,28,29,30,31,32);2*1H. The average molecular weight is 511 g/mol. The molecule has 10 heteroatoms. The van der Waals surface area contributed by atoms with Crippen molar-refractivity contribution < 1.29 is 7.65 Å². The van der Waals surface area contributed by atoms with Gasteiger partial charge in [-0.05, 0) is 81.2 Å². The number of aromatic amines is 1. The van der Waals surface area contributed by atoms with E-state index >= 15 is 0 Å². The predicted molar refractivity (Wildman–Crippen MR) is 148 cm³/mol. The van der Waals surface area contributed by atoms with Gasteiger partial charge in [0.25, 0.3) is 0 Å². The second kappa shape index (κ2) is 10.5. The van der Waals surface area contributed by atoms with Gasteiger partial charge in [0.2, 0.25) is 5.91 Å². The quantitative estimate of drug-likeness (QED) is 0.374. The lowest BCUT2D eigenvalue weighted by molar-refractivity contribution is -0.115. The number of rotatable bonds is 7. The fourth-order valence-corrected chi connectivity index (χ4v) is 5.80. The molecule has 0 bridgehead atoms. The summed E-state index contributed by atoms with van der Waals surface area (Å²) in [4.78, 5) is 27.3. The Hall–Kier alpha value is -3.11. The summed E-state index contributed by atoms with van der Waals surface area (Å²) in [6, 6.07) is 11.8. The van der Waals surface area contributed by atoms with Crippen LogP contribution in [-0.2, 0) is 4.79 Å². The number of nitrogens with one attached hydrogen (secondary N) is 3. The van der Waals surface area contributed by atoms with Gasteiger partial charge in [0.1, 0.15) is 11.6 Å². The van der Waals surface area contributed by atoms with Gasteiger partial charge in [-0.25, -0.2) is 9.97 Å². The highest BCUT2D eigenvalue weighted by atomic mass is 32.2. The van der Waals surface area contributed by atoms with Crippen LogP contribution in [0.5, 0.6) is 0 Å². The molecule has 0 aliphatic carbocycles. The van der Waals surface area contributed by atoms with Crippen molar-refractivity contribution in [2.75, 3.05) is 48.8 Å². The number of carbonyl (C=O) groups is 1. The maximum atomic E-state index is 11.7. The Morgan fingerprint density at radius 3 is 2.50 bits per heavy atom. The van der Waals surface area contributed by atoms with Crippen LogP contribution in [0.15, 0.2) is 46.5 Å². The third-order valence-corrected chi connectivity index (χ3v) is 7.97. The molecule has 2 aliphatic rings. The number of aromatic nitrogens is 4. The zero-order valence-corrected chi connectivity index (χ0v) is 22.0. The van der Waals surface area contributed by atoms with E-state index in [1.807, 2.05) is 50.2 Å². The van der Waals surface area contributed by atoms with Gasteiger partial charge in [0.15, 0.2) is 11.0 Å². The van der Waals surface area contributed by atoms with Crippen LogP contribution in [0.1, 0.15) is 41.2 Å². The molecule has 9 nitrogen and oxygen atoms in total. The summed E-state index contributed by atoms with van der Waals surface area (Å²) < 4.78 is 0. The smallest absolute Gasteiger partial charge is 0.224 e. The number of hydrogen-bond donors (Lipinski definition) is 3. The highest BCUT2D eigenvalue weighted by molar-refractivity contribution is 7.99. The molecular weight excluding hydrogens is 472 g/mol. The normalized spacial score (nSPS) is 17.5. The predicted octanol–water partition coefficient (Wildman–Crippen LogP) is 5.17. The van der Waals surface area contributed by atoms with Crippen LogP contribution < -0.4 is 15.5 Å². The second-order valence-corrected chi connectivity index (χ2v) is 11.0. The number of likely N-dealkylation sites (tertiary alicyclic amines) is 1. The summed E-state index contributed by atoms with van der Waals surface area (Å²) in [5, 5.41) is 14.2. The monoisotopic (exact) mass is 510 g/mol. The van der Waals surface area contributed by atoms with Crippen LogP contribution in [0.3, 0.4) is 0 Å². The first kappa shape index (κ1) is 24.6. The van der Waals surface area contributed by atoms with Crippen molar-refractivity contribution in [1.29, 1.82) is 0 Å². The molecule has 5 rings (SSSR count). The Kier molecular flexibility index (Phi) is 7.15. The van der Waals surface area contributed by atoms with E-state index in [-0.39, 0.29) is 8.76 Å². The van der Waals surface area contributed by atoms with Gasteiger partial charge in [-0.15, -0.1) is 0 Å². The number of benzene rings is 1. The Morgan fingerprint density at radius 1 is 1.11 bits per heavy atom. The summed E-state index contributed by atoms with van der Waals surface area (Å²) in [7, 11) is 2.23. The molecular formula is C26H38N8OS. The molecule has 3 aromatic rings. The van der Waals surface area contributed by atoms with E-state index < -0.39 is 0 Å². The first-order valence-electron chi connectivity index (χ1n) is 12.6. The number of nitrogens with zero attached hydrogens (tertiary/aromatic N) is 5. The van der Waals surface area contributed by atoms with Gasteiger partial charge in [-0.2, -0.15) is 5.10 Å². The molecule has 0 atom stereocenters. The van der Waals surface area contributed by atoms with Crippen LogP contribution in [-0.4, -0.2) is 64.2 Å². The minimum atomic E-state index is 0. The van der Waals surface area contributed by atoms with Gasteiger partial charge in [-0.1, -0.05) is 6.92 Å². The van der Waals surface area contributed by atoms with E-state index in [0.29, 0.717) is 17.0 Å². The molecule has 1 spiro atoms. The highest BCUT2D eigenvalue weighted by Gasteiger charge is 2.39. The molecule has 2 saturated heterocycles. The lowest BCUT2D eigenvalue weighted by Crippen LogP contribution is -2.41. The zero-order valence-electron chi connectivity index (χ0n) is 21.2. The van der Waals surface area contributed by atoms with E-state index in [2.05, 4.69) is 37.7 Å². The van der Waals surface area contributed by atoms with Crippen molar-refractivity contribution >= 4 is 40.8 Å². The molecule has 0 radical (unpaired) electrons. The van der Waals surface area contributed by atoms with E-state index in [1.165, 1.54) is 44.1 Å². The fraction of sp³-hybridized carbons (Fsp3) is 0.462. The Bertz CT molecular complexity index is 1210. The Balaban J connectivity index is 0.00000200. The first-order chi connectivity index (χ1) is 17.4. The summed E-state index contributed by atoms with van der Waals surface area (Å²) in [5.74, 6) is 2.40. The molecule has 0 unspecified atom stereocenters. The van der Waals surface area contributed by atoms with E-state index in [9.17, 15) is 4.79 Å². The van der Waals surface area contributed by atoms with Gasteiger partial charge in [-0.3, -0.25) is 9.89 Å². The van der Waals surface area contributed by atoms with E-state index in [4.69, 9.17) is 9.97 Å². The maximum absolute atomic E-state index is 11.7. The largest absolute Gasteiger partial charge is 0.356 e. The summed E-state index contributed by atoms with van der Waals surface area (Å²) in [5.41, 5.74) is 2.23. The minimum absolute atomic E-state index is 0. The molecule has 1 amide bonds. The molecule has 1 aromatic carbocycles. The molecule has 2 fully saturated rings. The van der Waals surface area contributed by atoms with Crippen LogP contribution in [0, 0.1) is 12.3 Å². The van der Waals surface area contributed by atoms with Crippen LogP contribution in [0.25, 0.3) is 0 Å². The molecule has 194 valence electrons. The van der Waals surface area contributed by atoms with E-state index in [0.717, 1.165) is 46.8 Å². The van der Waals surface area contributed by atoms with Crippen molar-refractivity contribution in [3.8, 4) is 0 Å². The highest BCUT2D eigenvalue weighted by Crippen LogP contribution is 2.41. The van der Waals surface area contributed by atoms with E-state index in [1.54, 1.807) is 0 Å². The molecule has 4 heterocycles. The number of piperidine rings is 1. The summed E-state index contributed by atoms with van der Waals surface area (Å²) >= 11 is 1.51. The number of carbonyl (C=O) groups excluding carboxylic acids is 1. The average Bonchev–Trinajstić information content (AvgIpc) is 3.45. The molecule has 0 saturated carbocycles. The molecule has 3 N–H and O–H groups in total. The number of amides is 1. The zero-order chi connectivity index (χ0) is 25.1. The van der Waals surface area contributed by atoms with Gasteiger partial charge < -0.3 is 20.4 Å². The molecule has 2 aliphatic heterocycles. The topological polar surface area (TPSA) is 102 Å². The Morgan fingerprint density at radius 2 is 1.86 bits per heavy atom. The fourth-order valence-electron chi connectivity index (χ4n) is 5.04. The number of aryl methyl sites for hydroxylation is 1. The second-order valence-electron chi connectivity index (χ2n) is 9.96. The van der Waals surface area contributed by atoms with Gasteiger partial charge >= 0.3 is 0 Å². The molecule has 2 aromatic heterocycles. The maximum Gasteiger partial charge on any atom is 0.224 e. The van der Waals surface area contributed by atoms with Crippen molar-refractivity contribution in [1.82, 2.24) is 25.1 Å². The van der Waals surface area contributed by atoms with Gasteiger partial charge in [0, 0.05) is 57.3 Å². The van der Waals surface area contributed by atoms with Gasteiger partial charge in [0.05, 0.1) is 0 Å². The minimum Gasteiger partial charge on any atom is -0.356 e. The number of anilines is 4. The van der Waals surface area contributed by atoms with Crippen LogP contribution >= 0.6 is 11.8 Å². The number of H-pyrrole nitrogens is 1.